The average molecular weight is 247 g/mol. The number of hydrogen-bond donors (Lipinski definition) is 2. The maximum Gasteiger partial charge on any atom is 0.131 e. The first-order valence-corrected chi connectivity index (χ1v) is 6.26. The molecule has 0 radical (unpaired) electrons. The van der Waals surface area contributed by atoms with E-state index in [1.54, 1.807) is 0 Å². The lowest BCUT2D eigenvalue weighted by Gasteiger charge is -2.31. The Kier molecular flexibility index (Phi) is 3.21. The van der Waals surface area contributed by atoms with Crippen LogP contribution in [0.2, 0.25) is 0 Å². The minimum atomic E-state index is -0.614. The van der Waals surface area contributed by atoms with Crippen molar-refractivity contribution in [2.45, 2.75) is 39.4 Å². The molecule has 2 rings (SSSR count). The molecule has 3 N–H and O–H groups in total. The third-order valence-corrected chi connectivity index (χ3v) is 3.41. The first kappa shape index (κ1) is 13.1. The van der Waals surface area contributed by atoms with Crippen molar-refractivity contribution in [1.82, 2.24) is 0 Å². The van der Waals surface area contributed by atoms with Crippen LogP contribution >= 0.6 is 0 Å². The number of benzene rings is 1. The van der Waals surface area contributed by atoms with Crippen molar-refractivity contribution in [2.24, 2.45) is 5.73 Å². The summed E-state index contributed by atoms with van der Waals surface area (Å²) >= 11 is 0. The molecule has 0 spiro atoms. The normalized spacial score (nSPS) is 18.1. The highest BCUT2D eigenvalue weighted by molar-refractivity contribution is 5.68. The van der Waals surface area contributed by atoms with Crippen molar-refractivity contribution in [3.05, 3.63) is 34.4 Å². The zero-order valence-electron chi connectivity index (χ0n) is 11.4. The smallest absolute Gasteiger partial charge is 0.131 e. The number of aliphatic hydroxyl groups is 1. The Balaban J connectivity index is 2.59. The summed E-state index contributed by atoms with van der Waals surface area (Å²) in [4.78, 5) is 0. The lowest BCUT2D eigenvalue weighted by molar-refractivity contribution is 0.156. The maximum atomic E-state index is 9.95. The van der Waals surface area contributed by atoms with Gasteiger partial charge in [0.25, 0.3) is 0 Å². The molecule has 1 aromatic carbocycles. The highest BCUT2D eigenvalue weighted by atomic mass is 16.5. The minimum absolute atomic E-state index is 0.231. The fourth-order valence-corrected chi connectivity index (χ4v) is 2.34. The molecule has 1 heterocycles. The van der Waals surface area contributed by atoms with Gasteiger partial charge in [0.15, 0.2) is 0 Å². The second kappa shape index (κ2) is 4.41. The van der Waals surface area contributed by atoms with Gasteiger partial charge in [0.2, 0.25) is 0 Å². The third kappa shape index (κ3) is 2.16. The van der Waals surface area contributed by atoms with Gasteiger partial charge in [-0.1, -0.05) is 6.08 Å². The van der Waals surface area contributed by atoms with Gasteiger partial charge in [0, 0.05) is 12.1 Å². The summed E-state index contributed by atoms with van der Waals surface area (Å²) in [7, 11) is 0. The van der Waals surface area contributed by atoms with Gasteiger partial charge in [0.05, 0.1) is 6.10 Å². The van der Waals surface area contributed by atoms with E-state index in [1.165, 1.54) is 0 Å². The molecule has 98 valence electrons. The van der Waals surface area contributed by atoms with Crippen molar-refractivity contribution in [2.75, 3.05) is 6.54 Å². The molecule has 0 fully saturated rings. The van der Waals surface area contributed by atoms with E-state index in [-0.39, 0.29) is 12.1 Å². The summed E-state index contributed by atoms with van der Waals surface area (Å²) in [6.45, 7) is 8.29. The van der Waals surface area contributed by atoms with Crippen LogP contribution in [-0.4, -0.2) is 17.3 Å². The van der Waals surface area contributed by atoms with Crippen LogP contribution in [0.1, 0.15) is 42.2 Å². The standard InChI is InChI=1S/C15H21NO2/c1-9-7-12(13(17)8-16)10(2)11-5-6-15(3,4)18-14(9)11/h5-7,13,17H,8,16H2,1-4H3. The topological polar surface area (TPSA) is 55.5 Å². The predicted molar refractivity (Wildman–Crippen MR) is 73.7 cm³/mol. The van der Waals surface area contributed by atoms with E-state index >= 15 is 0 Å². The van der Waals surface area contributed by atoms with Crippen LogP contribution in [0, 0.1) is 13.8 Å². The van der Waals surface area contributed by atoms with Crippen molar-refractivity contribution in [1.29, 1.82) is 0 Å². The van der Waals surface area contributed by atoms with Gasteiger partial charge in [-0.3, -0.25) is 0 Å². The van der Waals surface area contributed by atoms with Gasteiger partial charge in [-0.25, -0.2) is 0 Å². The molecule has 0 bridgehead atoms. The first-order valence-electron chi connectivity index (χ1n) is 6.26. The lowest BCUT2D eigenvalue weighted by atomic mass is 9.91. The number of fused-ring (bicyclic) bond motifs is 1. The second-order valence-electron chi connectivity index (χ2n) is 5.44. The molecule has 3 heteroatoms. The number of hydrogen-bond acceptors (Lipinski definition) is 3. The summed E-state index contributed by atoms with van der Waals surface area (Å²) in [6.07, 6.45) is 3.51. The van der Waals surface area contributed by atoms with Crippen molar-refractivity contribution >= 4 is 6.08 Å². The Morgan fingerprint density at radius 1 is 1.39 bits per heavy atom. The van der Waals surface area contributed by atoms with Gasteiger partial charge in [-0.05, 0) is 56.5 Å². The van der Waals surface area contributed by atoms with E-state index in [9.17, 15) is 5.11 Å². The van der Waals surface area contributed by atoms with Crippen molar-refractivity contribution < 1.29 is 9.84 Å². The number of aliphatic hydroxyl groups excluding tert-OH is 1. The summed E-state index contributed by atoms with van der Waals surface area (Å²) < 4.78 is 6.00. The molecule has 18 heavy (non-hydrogen) atoms. The summed E-state index contributed by atoms with van der Waals surface area (Å²) in [5, 5.41) is 9.95. The molecule has 1 aliphatic rings. The molecule has 1 atom stereocenters. The average Bonchev–Trinajstić information content (AvgIpc) is 2.31. The SMILES string of the molecule is Cc1cc(C(O)CN)c(C)c2c1OC(C)(C)C=C2. The Hall–Kier alpha value is -1.32. The number of nitrogens with two attached hydrogens (primary N) is 1. The molecule has 1 unspecified atom stereocenters. The van der Waals surface area contributed by atoms with Crippen LogP contribution in [0.5, 0.6) is 5.75 Å². The van der Waals surface area contributed by atoms with Crippen LogP contribution in [0.4, 0.5) is 0 Å². The van der Waals surface area contributed by atoms with Gasteiger partial charge in [0.1, 0.15) is 11.4 Å². The third-order valence-electron chi connectivity index (χ3n) is 3.41. The van der Waals surface area contributed by atoms with Crippen molar-refractivity contribution in [3.8, 4) is 5.75 Å². The molecule has 0 saturated heterocycles. The molecular formula is C15H21NO2. The first-order chi connectivity index (χ1) is 8.35. The quantitative estimate of drug-likeness (QED) is 0.844. The Bertz CT molecular complexity index is 504. The zero-order valence-corrected chi connectivity index (χ0v) is 11.4. The molecular weight excluding hydrogens is 226 g/mol. The highest BCUT2D eigenvalue weighted by Gasteiger charge is 2.26. The van der Waals surface area contributed by atoms with Gasteiger partial charge >= 0.3 is 0 Å². The maximum absolute atomic E-state index is 9.95. The minimum Gasteiger partial charge on any atom is -0.483 e. The number of ether oxygens (including phenoxy) is 1. The molecule has 0 aliphatic carbocycles. The van der Waals surface area contributed by atoms with E-state index < -0.39 is 6.10 Å². The Morgan fingerprint density at radius 3 is 2.67 bits per heavy atom. The van der Waals surface area contributed by atoms with Crippen LogP contribution in [0.3, 0.4) is 0 Å². The molecule has 1 aliphatic heterocycles. The molecule has 1 aromatic rings. The molecule has 0 saturated carbocycles. The predicted octanol–water partition coefficient (Wildman–Crippen LogP) is 2.48. The van der Waals surface area contributed by atoms with Crippen LogP contribution in [-0.2, 0) is 0 Å². The van der Waals surface area contributed by atoms with Crippen molar-refractivity contribution in [3.63, 3.8) is 0 Å². The Labute approximate surface area is 108 Å². The second-order valence-corrected chi connectivity index (χ2v) is 5.44. The van der Waals surface area contributed by atoms with E-state index in [0.717, 1.165) is 28.0 Å². The van der Waals surface area contributed by atoms with Gasteiger partial charge in [-0.2, -0.15) is 0 Å². The fourth-order valence-electron chi connectivity index (χ4n) is 2.34. The van der Waals surface area contributed by atoms with E-state index in [4.69, 9.17) is 10.5 Å². The van der Waals surface area contributed by atoms with E-state index in [1.807, 2.05) is 39.8 Å². The summed E-state index contributed by atoms with van der Waals surface area (Å²) in [5.41, 5.74) is 9.29. The molecule has 0 amide bonds. The van der Waals surface area contributed by atoms with Gasteiger partial charge < -0.3 is 15.6 Å². The molecule has 3 nitrogen and oxygen atoms in total. The lowest BCUT2D eigenvalue weighted by Crippen LogP contribution is -2.28. The zero-order chi connectivity index (χ0) is 13.5. The monoisotopic (exact) mass is 247 g/mol. The number of aryl methyl sites for hydroxylation is 1. The highest BCUT2D eigenvalue weighted by Crippen LogP contribution is 2.38. The Morgan fingerprint density at radius 2 is 2.06 bits per heavy atom. The molecule has 0 aromatic heterocycles. The van der Waals surface area contributed by atoms with Crippen LogP contribution in [0.25, 0.3) is 6.08 Å². The fraction of sp³-hybridized carbons (Fsp3) is 0.467. The van der Waals surface area contributed by atoms with E-state index in [0.29, 0.717) is 0 Å². The summed E-state index contributed by atoms with van der Waals surface area (Å²) in [6, 6.07) is 1.97. The van der Waals surface area contributed by atoms with Gasteiger partial charge in [-0.15, -0.1) is 0 Å². The van der Waals surface area contributed by atoms with Crippen LogP contribution in [0.15, 0.2) is 12.1 Å². The number of rotatable bonds is 2. The van der Waals surface area contributed by atoms with Crippen LogP contribution < -0.4 is 10.5 Å². The largest absolute Gasteiger partial charge is 0.483 e. The van der Waals surface area contributed by atoms with E-state index in [2.05, 4.69) is 6.08 Å². The summed E-state index contributed by atoms with van der Waals surface area (Å²) in [5.74, 6) is 0.910.